The van der Waals surface area contributed by atoms with Crippen LogP contribution in [0.5, 0.6) is 0 Å². The Morgan fingerprint density at radius 1 is 1.25 bits per heavy atom. The SMILES string of the molecule is CCNCCNC(=O)c1cc(-c2ccc(C)cc2)n[nH]1. The minimum absolute atomic E-state index is 0.131. The Bertz CT molecular complexity index is 560. The van der Waals surface area contributed by atoms with E-state index >= 15 is 0 Å². The smallest absolute Gasteiger partial charge is 0.269 e. The van der Waals surface area contributed by atoms with Crippen molar-refractivity contribution in [3.63, 3.8) is 0 Å². The van der Waals surface area contributed by atoms with E-state index in [2.05, 4.69) is 20.8 Å². The molecule has 1 aromatic heterocycles. The summed E-state index contributed by atoms with van der Waals surface area (Å²) in [4.78, 5) is 11.9. The van der Waals surface area contributed by atoms with Gasteiger partial charge in [0, 0.05) is 18.7 Å². The highest BCUT2D eigenvalue weighted by molar-refractivity contribution is 5.93. The first-order chi connectivity index (χ1) is 9.70. The maximum Gasteiger partial charge on any atom is 0.269 e. The van der Waals surface area contributed by atoms with E-state index in [1.165, 1.54) is 5.56 Å². The fourth-order valence-corrected chi connectivity index (χ4v) is 1.85. The Morgan fingerprint density at radius 2 is 2.00 bits per heavy atom. The van der Waals surface area contributed by atoms with Crippen molar-refractivity contribution in [3.8, 4) is 11.3 Å². The fourth-order valence-electron chi connectivity index (χ4n) is 1.85. The normalized spacial score (nSPS) is 10.5. The lowest BCUT2D eigenvalue weighted by atomic mass is 10.1. The number of amides is 1. The molecule has 106 valence electrons. The molecule has 0 spiro atoms. The number of aromatic nitrogens is 2. The van der Waals surface area contributed by atoms with Crippen molar-refractivity contribution >= 4 is 5.91 Å². The highest BCUT2D eigenvalue weighted by Crippen LogP contribution is 2.17. The molecule has 3 N–H and O–H groups in total. The van der Waals surface area contributed by atoms with Gasteiger partial charge in [-0.2, -0.15) is 5.10 Å². The van der Waals surface area contributed by atoms with E-state index in [4.69, 9.17) is 0 Å². The molecule has 0 aliphatic heterocycles. The Hall–Kier alpha value is -2.14. The van der Waals surface area contributed by atoms with E-state index in [1.54, 1.807) is 6.07 Å². The predicted octanol–water partition coefficient (Wildman–Crippen LogP) is 1.72. The Kier molecular flexibility index (Phi) is 4.90. The van der Waals surface area contributed by atoms with Crippen LogP contribution in [0.2, 0.25) is 0 Å². The number of nitrogens with one attached hydrogen (secondary N) is 3. The Labute approximate surface area is 118 Å². The highest BCUT2D eigenvalue weighted by Gasteiger charge is 2.10. The van der Waals surface area contributed by atoms with Crippen LogP contribution >= 0.6 is 0 Å². The molecule has 0 saturated carbocycles. The Morgan fingerprint density at radius 3 is 2.70 bits per heavy atom. The molecule has 1 amide bonds. The van der Waals surface area contributed by atoms with Gasteiger partial charge < -0.3 is 10.6 Å². The summed E-state index contributed by atoms with van der Waals surface area (Å²) in [7, 11) is 0. The number of benzene rings is 1. The minimum atomic E-state index is -0.131. The van der Waals surface area contributed by atoms with Crippen LogP contribution in [0.15, 0.2) is 30.3 Å². The quantitative estimate of drug-likeness (QED) is 0.701. The van der Waals surface area contributed by atoms with Crippen LogP contribution in [-0.4, -0.2) is 35.7 Å². The van der Waals surface area contributed by atoms with Gasteiger partial charge in [0.15, 0.2) is 0 Å². The van der Waals surface area contributed by atoms with Gasteiger partial charge in [0.25, 0.3) is 5.91 Å². The molecule has 1 aromatic carbocycles. The third-order valence-corrected chi connectivity index (χ3v) is 3.01. The number of aromatic amines is 1. The summed E-state index contributed by atoms with van der Waals surface area (Å²) in [5.74, 6) is -0.131. The van der Waals surface area contributed by atoms with Crippen LogP contribution in [-0.2, 0) is 0 Å². The number of H-pyrrole nitrogens is 1. The molecule has 0 radical (unpaired) electrons. The molecule has 0 saturated heterocycles. The first kappa shape index (κ1) is 14.3. The molecule has 0 fully saturated rings. The summed E-state index contributed by atoms with van der Waals surface area (Å²) < 4.78 is 0. The van der Waals surface area contributed by atoms with E-state index in [1.807, 2.05) is 38.1 Å². The molecule has 0 aliphatic carbocycles. The standard InChI is InChI=1S/C15H20N4O/c1-3-16-8-9-17-15(20)14-10-13(18-19-14)12-6-4-11(2)5-7-12/h4-7,10,16H,3,8-9H2,1-2H3,(H,17,20)(H,18,19). The molecule has 1 heterocycles. The molecule has 0 unspecified atom stereocenters. The van der Waals surface area contributed by atoms with Crippen LogP contribution in [0.25, 0.3) is 11.3 Å². The first-order valence-corrected chi connectivity index (χ1v) is 6.82. The molecule has 0 bridgehead atoms. The molecule has 0 aliphatic rings. The first-order valence-electron chi connectivity index (χ1n) is 6.82. The van der Waals surface area contributed by atoms with Crippen LogP contribution in [0.3, 0.4) is 0 Å². The number of nitrogens with zero attached hydrogens (tertiary/aromatic N) is 1. The van der Waals surface area contributed by atoms with Crippen molar-refractivity contribution in [2.24, 2.45) is 0 Å². The van der Waals surface area contributed by atoms with Crippen LogP contribution in [0, 0.1) is 6.92 Å². The molecule has 0 atom stereocenters. The minimum Gasteiger partial charge on any atom is -0.349 e. The van der Waals surface area contributed by atoms with E-state index < -0.39 is 0 Å². The van der Waals surface area contributed by atoms with Crippen molar-refractivity contribution < 1.29 is 4.79 Å². The number of rotatable bonds is 6. The number of hydrogen-bond acceptors (Lipinski definition) is 3. The zero-order valence-corrected chi connectivity index (χ0v) is 11.9. The summed E-state index contributed by atoms with van der Waals surface area (Å²) in [6.07, 6.45) is 0. The van der Waals surface area contributed by atoms with E-state index in [0.29, 0.717) is 12.2 Å². The third kappa shape index (κ3) is 3.68. The van der Waals surface area contributed by atoms with Gasteiger partial charge in [0.1, 0.15) is 5.69 Å². The van der Waals surface area contributed by atoms with Gasteiger partial charge in [-0.3, -0.25) is 9.89 Å². The van der Waals surface area contributed by atoms with E-state index in [-0.39, 0.29) is 5.91 Å². The van der Waals surface area contributed by atoms with Crippen LogP contribution < -0.4 is 10.6 Å². The van der Waals surface area contributed by atoms with Gasteiger partial charge in [0.05, 0.1) is 5.69 Å². The molecule has 5 nitrogen and oxygen atoms in total. The van der Waals surface area contributed by atoms with Gasteiger partial charge in [-0.05, 0) is 19.5 Å². The van der Waals surface area contributed by atoms with Gasteiger partial charge >= 0.3 is 0 Å². The number of hydrogen-bond donors (Lipinski definition) is 3. The third-order valence-electron chi connectivity index (χ3n) is 3.01. The average molecular weight is 272 g/mol. The van der Waals surface area contributed by atoms with Gasteiger partial charge in [-0.25, -0.2) is 0 Å². The summed E-state index contributed by atoms with van der Waals surface area (Å²) in [6.45, 7) is 6.34. The second-order valence-corrected chi connectivity index (χ2v) is 4.64. The zero-order chi connectivity index (χ0) is 14.4. The second kappa shape index (κ2) is 6.86. The summed E-state index contributed by atoms with van der Waals surface area (Å²) >= 11 is 0. The maximum atomic E-state index is 11.9. The van der Waals surface area contributed by atoms with E-state index in [0.717, 1.165) is 24.3 Å². The number of aryl methyl sites for hydroxylation is 1. The molecule has 2 rings (SSSR count). The summed E-state index contributed by atoms with van der Waals surface area (Å²) in [5.41, 5.74) is 3.46. The topological polar surface area (TPSA) is 69.8 Å². The van der Waals surface area contributed by atoms with Gasteiger partial charge in [-0.1, -0.05) is 36.8 Å². The van der Waals surface area contributed by atoms with Crippen LogP contribution in [0.1, 0.15) is 23.0 Å². The molecule has 2 aromatic rings. The largest absolute Gasteiger partial charge is 0.349 e. The lowest BCUT2D eigenvalue weighted by molar-refractivity contribution is 0.0949. The molecule has 5 heteroatoms. The lowest BCUT2D eigenvalue weighted by Gasteiger charge is -2.03. The maximum absolute atomic E-state index is 11.9. The van der Waals surface area contributed by atoms with Crippen molar-refractivity contribution in [3.05, 3.63) is 41.6 Å². The van der Waals surface area contributed by atoms with Crippen molar-refractivity contribution in [2.75, 3.05) is 19.6 Å². The highest BCUT2D eigenvalue weighted by atomic mass is 16.1. The van der Waals surface area contributed by atoms with Crippen molar-refractivity contribution in [2.45, 2.75) is 13.8 Å². The molecular formula is C15H20N4O. The van der Waals surface area contributed by atoms with Crippen LogP contribution in [0.4, 0.5) is 0 Å². The molecular weight excluding hydrogens is 252 g/mol. The Balaban J connectivity index is 1.98. The lowest BCUT2D eigenvalue weighted by Crippen LogP contribution is -2.31. The summed E-state index contributed by atoms with van der Waals surface area (Å²) in [5, 5.41) is 12.9. The number of carbonyl (C=O) groups is 1. The van der Waals surface area contributed by atoms with E-state index in [9.17, 15) is 4.79 Å². The monoisotopic (exact) mass is 272 g/mol. The van der Waals surface area contributed by atoms with Gasteiger partial charge in [0.2, 0.25) is 0 Å². The summed E-state index contributed by atoms with van der Waals surface area (Å²) in [6, 6.07) is 9.82. The fraction of sp³-hybridized carbons (Fsp3) is 0.333. The average Bonchev–Trinajstić information content (AvgIpc) is 2.94. The van der Waals surface area contributed by atoms with Crippen molar-refractivity contribution in [1.29, 1.82) is 0 Å². The molecule has 20 heavy (non-hydrogen) atoms. The predicted molar refractivity (Wildman–Crippen MR) is 79.6 cm³/mol. The number of carbonyl (C=O) groups excluding carboxylic acids is 1. The number of likely N-dealkylation sites (N-methyl/N-ethyl adjacent to an activating group) is 1. The van der Waals surface area contributed by atoms with Gasteiger partial charge in [-0.15, -0.1) is 0 Å². The zero-order valence-electron chi connectivity index (χ0n) is 11.9. The van der Waals surface area contributed by atoms with Crippen molar-refractivity contribution in [1.82, 2.24) is 20.8 Å². The second-order valence-electron chi connectivity index (χ2n) is 4.64.